The van der Waals surface area contributed by atoms with E-state index in [0.29, 0.717) is 11.2 Å². The zero-order chi connectivity index (χ0) is 20.7. The van der Waals surface area contributed by atoms with Gasteiger partial charge < -0.3 is 19.5 Å². The Balaban J connectivity index is 1.20. The summed E-state index contributed by atoms with van der Waals surface area (Å²) in [4.78, 5) is 30.1. The van der Waals surface area contributed by atoms with Gasteiger partial charge in [-0.3, -0.25) is 14.7 Å². The lowest BCUT2D eigenvalue weighted by atomic mass is 10.1. The minimum absolute atomic E-state index is 0.184. The molecule has 0 spiro atoms. The van der Waals surface area contributed by atoms with Crippen molar-refractivity contribution in [3.05, 3.63) is 64.3 Å². The number of fused-ring (bicyclic) bond motifs is 2. The van der Waals surface area contributed by atoms with Crippen molar-refractivity contribution in [2.75, 3.05) is 37.6 Å². The first kappa shape index (κ1) is 18.5. The van der Waals surface area contributed by atoms with Crippen molar-refractivity contribution < 1.29 is 13.6 Å². The fraction of sp³-hybridized carbons (Fsp3) is 0.273. The first-order valence-corrected chi connectivity index (χ1v) is 9.98. The zero-order valence-corrected chi connectivity index (χ0v) is 16.4. The average Bonchev–Trinajstić information content (AvgIpc) is 3.34. The highest BCUT2D eigenvalue weighted by atomic mass is 16.4. The minimum Gasteiger partial charge on any atom is -0.451 e. The van der Waals surface area contributed by atoms with Crippen LogP contribution >= 0.6 is 0 Å². The standard InChI is InChI=1S/C22H22N4O4/c23-21(27)20-13-15-12-16(2-4-18(15)29-20)26-9-7-25(8-10-26)6-5-14-1-3-17-19(11-14)30-22(28)24-17/h1-4,11-13H,5-10H2,(H2,23,27)(H,24,28). The number of aromatic nitrogens is 1. The Morgan fingerprint density at radius 1 is 1.00 bits per heavy atom. The van der Waals surface area contributed by atoms with Crippen LogP contribution in [0.25, 0.3) is 22.1 Å². The number of rotatable bonds is 5. The van der Waals surface area contributed by atoms with Crippen LogP contribution in [0.15, 0.2) is 56.1 Å². The fourth-order valence-electron chi connectivity index (χ4n) is 4.01. The van der Waals surface area contributed by atoms with E-state index in [1.54, 1.807) is 6.07 Å². The van der Waals surface area contributed by atoms with Crippen molar-refractivity contribution in [2.24, 2.45) is 5.73 Å². The van der Waals surface area contributed by atoms with Crippen molar-refractivity contribution in [1.29, 1.82) is 0 Å². The number of anilines is 1. The highest BCUT2D eigenvalue weighted by molar-refractivity contribution is 5.95. The molecule has 1 fully saturated rings. The molecule has 0 saturated carbocycles. The minimum atomic E-state index is -0.556. The topological polar surface area (TPSA) is 109 Å². The lowest BCUT2D eigenvalue weighted by molar-refractivity contribution is 0.0976. The molecule has 1 aliphatic heterocycles. The van der Waals surface area contributed by atoms with E-state index in [-0.39, 0.29) is 5.76 Å². The van der Waals surface area contributed by atoms with E-state index in [1.165, 1.54) is 0 Å². The molecular formula is C22H22N4O4. The van der Waals surface area contributed by atoms with Gasteiger partial charge in [-0.2, -0.15) is 0 Å². The molecule has 8 nitrogen and oxygen atoms in total. The maximum atomic E-state index is 11.3. The zero-order valence-electron chi connectivity index (χ0n) is 16.4. The smallest absolute Gasteiger partial charge is 0.417 e. The number of H-pyrrole nitrogens is 1. The van der Waals surface area contributed by atoms with Gasteiger partial charge in [0.2, 0.25) is 0 Å². The summed E-state index contributed by atoms with van der Waals surface area (Å²) in [5, 5.41) is 0.885. The number of benzene rings is 2. The third kappa shape index (κ3) is 3.57. The summed E-state index contributed by atoms with van der Waals surface area (Å²) in [6, 6.07) is 13.5. The van der Waals surface area contributed by atoms with E-state index >= 15 is 0 Å². The molecule has 8 heteroatoms. The molecule has 2 aromatic carbocycles. The lowest BCUT2D eigenvalue weighted by Crippen LogP contribution is -2.47. The number of amides is 1. The van der Waals surface area contributed by atoms with Crippen LogP contribution in [-0.2, 0) is 6.42 Å². The van der Waals surface area contributed by atoms with Gasteiger partial charge in [0.05, 0.1) is 5.52 Å². The number of nitrogens with two attached hydrogens (primary N) is 1. The molecule has 0 radical (unpaired) electrons. The number of furan rings is 1. The predicted molar refractivity (Wildman–Crippen MR) is 114 cm³/mol. The number of nitrogens with one attached hydrogen (secondary N) is 1. The van der Waals surface area contributed by atoms with Crippen molar-refractivity contribution in [1.82, 2.24) is 9.88 Å². The van der Waals surface area contributed by atoms with Crippen LogP contribution in [-0.4, -0.2) is 48.5 Å². The maximum absolute atomic E-state index is 11.3. The Morgan fingerprint density at radius 3 is 2.63 bits per heavy atom. The van der Waals surface area contributed by atoms with Crippen molar-refractivity contribution >= 4 is 33.7 Å². The third-order valence-electron chi connectivity index (χ3n) is 5.68. The second kappa shape index (κ2) is 7.38. The average molecular weight is 406 g/mol. The Kier molecular flexibility index (Phi) is 4.55. The first-order valence-electron chi connectivity index (χ1n) is 9.98. The van der Waals surface area contributed by atoms with Gasteiger partial charge in [0, 0.05) is 43.8 Å². The quantitative estimate of drug-likeness (QED) is 0.527. The van der Waals surface area contributed by atoms with Crippen molar-refractivity contribution in [3.63, 3.8) is 0 Å². The summed E-state index contributed by atoms with van der Waals surface area (Å²) in [5.74, 6) is -0.791. The molecule has 0 bridgehead atoms. The number of oxazole rings is 1. The Hall–Kier alpha value is -3.52. The molecule has 1 amide bonds. The number of piperazine rings is 1. The molecular weight excluding hydrogens is 384 g/mol. The largest absolute Gasteiger partial charge is 0.451 e. The molecule has 3 heterocycles. The monoisotopic (exact) mass is 406 g/mol. The number of hydrogen-bond acceptors (Lipinski definition) is 6. The first-order chi connectivity index (χ1) is 14.5. The van der Waals surface area contributed by atoms with E-state index in [0.717, 1.165) is 61.3 Å². The summed E-state index contributed by atoms with van der Waals surface area (Å²) >= 11 is 0. The van der Waals surface area contributed by atoms with Crippen LogP contribution in [0.1, 0.15) is 16.1 Å². The van der Waals surface area contributed by atoms with Gasteiger partial charge in [0.1, 0.15) is 5.58 Å². The van der Waals surface area contributed by atoms with Gasteiger partial charge in [0.15, 0.2) is 11.3 Å². The molecule has 4 aromatic rings. The molecule has 0 aliphatic carbocycles. The number of hydrogen-bond donors (Lipinski definition) is 2. The lowest BCUT2D eigenvalue weighted by Gasteiger charge is -2.36. The third-order valence-corrected chi connectivity index (χ3v) is 5.68. The van der Waals surface area contributed by atoms with Crippen LogP contribution in [0.5, 0.6) is 0 Å². The second-order valence-corrected chi connectivity index (χ2v) is 7.62. The van der Waals surface area contributed by atoms with E-state index in [4.69, 9.17) is 14.6 Å². The van der Waals surface area contributed by atoms with Gasteiger partial charge in [-0.25, -0.2) is 4.79 Å². The molecule has 1 aliphatic rings. The summed E-state index contributed by atoms with van der Waals surface area (Å²) in [7, 11) is 0. The molecule has 1 saturated heterocycles. The van der Waals surface area contributed by atoms with Gasteiger partial charge >= 0.3 is 5.76 Å². The normalized spacial score (nSPS) is 15.3. The van der Waals surface area contributed by atoms with Crippen LogP contribution in [0.3, 0.4) is 0 Å². The molecule has 5 rings (SSSR count). The van der Waals surface area contributed by atoms with Crippen molar-refractivity contribution in [3.8, 4) is 0 Å². The molecule has 0 atom stereocenters. The Morgan fingerprint density at radius 2 is 1.83 bits per heavy atom. The van der Waals surface area contributed by atoms with Crippen LogP contribution in [0.2, 0.25) is 0 Å². The summed E-state index contributed by atoms with van der Waals surface area (Å²) in [6.45, 7) is 4.75. The molecule has 2 aromatic heterocycles. The number of carbonyl (C=O) groups is 1. The highest BCUT2D eigenvalue weighted by Gasteiger charge is 2.18. The van der Waals surface area contributed by atoms with Crippen LogP contribution in [0.4, 0.5) is 5.69 Å². The maximum Gasteiger partial charge on any atom is 0.417 e. The molecule has 3 N–H and O–H groups in total. The summed E-state index contributed by atoms with van der Waals surface area (Å²) in [5.41, 5.74) is 9.58. The second-order valence-electron chi connectivity index (χ2n) is 7.62. The van der Waals surface area contributed by atoms with E-state index in [1.807, 2.05) is 36.4 Å². The molecule has 154 valence electrons. The van der Waals surface area contributed by atoms with Crippen LogP contribution < -0.4 is 16.4 Å². The van der Waals surface area contributed by atoms with Crippen LogP contribution in [0, 0.1) is 0 Å². The van der Waals surface area contributed by atoms with E-state index in [9.17, 15) is 9.59 Å². The van der Waals surface area contributed by atoms with Gasteiger partial charge in [-0.05, 0) is 48.4 Å². The van der Waals surface area contributed by atoms with E-state index in [2.05, 4.69) is 14.8 Å². The van der Waals surface area contributed by atoms with Crippen molar-refractivity contribution in [2.45, 2.75) is 6.42 Å². The van der Waals surface area contributed by atoms with Gasteiger partial charge in [0.25, 0.3) is 5.91 Å². The number of aromatic amines is 1. The van der Waals surface area contributed by atoms with Gasteiger partial charge in [-0.15, -0.1) is 0 Å². The number of carbonyl (C=O) groups excluding carboxylic acids is 1. The number of nitrogens with zero attached hydrogens (tertiary/aromatic N) is 2. The van der Waals surface area contributed by atoms with Gasteiger partial charge in [-0.1, -0.05) is 6.07 Å². The Labute approximate surface area is 171 Å². The van der Waals surface area contributed by atoms with E-state index < -0.39 is 11.7 Å². The number of primary amides is 1. The fourth-order valence-corrected chi connectivity index (χ4v) is 4.01. The Bertz CT molecular complexity index is 1280. The summed E-state index contributed by atoms with van der Waals surface area (Å²) < 4.78 is 10.6. The summed E-state index contributed by atoms with van der Waals surface area (Å²) in [6.07, 6.45) is 0.904. The molecule has 30 heavy (non-hydrogen) atoms. The SMILES string of the molecule is NC(=O)c1cc2cc(N3CCN(CCc4ccc5[nH]c(=O)oc5c4)CC3)ccc2o1. The predicted octanol–water partition coefficient (Wildman–Crippen LogP) is 2.33. The highest BCUT2D eigenvalue weighted by Crippen LogP contribution is 2.26. The molecule has 0 unspecified atom stereocenters.